The molecule has 20 heavy (non-hydrogen) atoms. The molecule has 0 bridgehead atoms. The molecule has 0 aliphatic carbocycles. The van der Waals surface area contributed by atoms with Crippen LogP contribution in [-0.2, 0) is 9.53 Å². The molecule has 0 fully saturated rings. The number of rotatable bonds is 5. The number of carbonyl (C=O) groups is 2. The Labute approximate surface area is 118 Å². The van der Waals surface area contributed by atoms with Crippen LogP contribution in [0.25, 0.3) is 0 Å². The summed E-state index contributed by atoms with van der Waals surface area (Å²) in [5.41, 5.74) is 6.60. The topological polar surface area (TPSA) is 81.4 Å². The predicted molar refractivity (Wildman–Crippen MR) is 76.0 cm³/mol. The van der Waals surface area contributed by atoms with Gasteiger partial charge in [0, 0.05) is 17.7 Å². The fraction of sp³-hybridized carbons (Fsp3) is 0.333. The van der Waals surface area contributed by atoms with Crippen LogP contribution >= 0.6 is 0 Å². The van der Waals surface area contributed by atoms with Gasteiger partial charge < -0.3 is 15.8 Å². The summed E-state index contributed by atoms with van der Waals surface area (Å²) in [5.74, 6) is 5.06. The molecule has 1 aromatic carbocycles. The first kappa shape index (κ1) is 15.7. The van der Waals surface area contributed by atoms with E-state index in [0.29, 0.717) is 18.7 Å². The van der Waals surface area contributed by atoms with Crippen molar-refractivity contribution in [1.82, 2.24) is 5.32 Å². The number of amides is 1. The largest absolute Gasteiger partial charge is 0.466 e. The summed E-state index contributed by atoms with van der Waals surface area (Å²) in [6.45, 7) is 2.65. The minimum atomic E-state index is -0.319. The molecule has 1 amide bonds. The molecule has 5 heteroatoms. The van der Waals surface area contributed by atoms with Gasteiger partial charge in [-0.15, -0.1) is 0 Å². The molecule has 3 N–H and O–H groups in total. The number of hydrogen-bond acceptors (Lipinski definition) is 4. The summed E-state index contributed by atoms with van der Waals surface area (Å²) >= 11 is 0. The van der Waals surface area contributed by atoms with Crippen LogP contribution in [0.1, 0.15) is 29.3 Å². The van der Waals surface area contributed by atoms with Crippen molar-refractivity contribution in [2.75, 3.05) is 19.7 Å². The number of ether oxygens (including phenoxy) is 1. The van der Waals surface area contributed by atoms with Gasteiger partial charge in [-0.05, 0) is 31.2 Å². The van der Waals surface area contributed by atoms with Gasteiger partial charge in [-0.3, -0.25) is 9.59 Å². The lowest BCUT2D eigenvalue weighted by molar-refractivity contribution is -0.142. The van der Waals surface area contributed by atoms with Crippen LogP contribution in [0, 0.1) is 11.8 Å². The van der Waals surface area contributed by atoms with Crippen molar-refractivity contribution in [2.24, 2.45) is 5.73 Å². The van der Waals surface area contributed by atoms with Crippen molar-refractivity contribution in [3.63, 3.8) is 0 Å². The van der Waals surface area contributed by atoms with Crippen molar-refractivity contribution >= 4 is 11.9 Å². The van der Waals surface area contributed by atoms with E-state index in [9.17, 15) is 9.59 Å². The summed E-state index contributed by atoms with van der Waals surface area (Å²) in [5, 5.41) is 2.66. The summed E-state index contributed by atoms with van der Waals surface area (Å²) in [7, 11) is 0. The lowest BCUT2D eigenvalue weighted by Gasteiger charge is -2.05. The molecule has 0 saturated carbocycles. The van der Waals surface area contributed by atoms with Crippen molar-refractivity contribution < 1.29 is 14.3 Å². The smallest absolute Gasteiger partial charge is 0.307 e. The summed E-state index contributed by atoms with van der Waals surface area (Å²) < 4.78 is 4.77. The molecular formula is C15H18N2O3. The fourth-order valence-electron chi connectivity index (χ4n) is 1.47. The molecule has 1 rings (SSSR count). The van der Waals surface area contributed by atoms with E-state index in [1.54, 1.807) is 31.2 Å². The number of benzene rings is 1. The maximum Gasteiger partial charge on any atom is 0.307 e. The second kappa shape index (κ2) is 8.73. The third-order valence-electron chi connectivity index (χ3n) is 2.40. The van der Waals surface area contributed by atoms with Crippen LogP contribution in [0.3, 0.4) is 0 Å². The molecule has 0 aliphatic rings. The second-order valence-electron chi connectivity index (χ2n) is 3.89. The van der Waals surface area contributed by atoms with Gasteiger partial charge in [-0.1, -0.05) is 11.8 Å². The normalized spacial score (nSPS) is 9.30. The molecule has 0 atom stereocenters. The standard InChI is InChI=1S/C15H18N2O3/c1-2-20-14(18)9-11-17-15(19)13-7-5-12(6-8-13)4-3-10-16/h5-8H,2,9-11,16H2,1H3,(H,17,19). The highest BCUT2D eigenvalue weighted by Gasteiger charge is 2.06. The Hall–Kier alpha value is -2.32. The molecule has 0 heterocycles. The van der Waals surface area contributed by atoms with Crippen LogP contribution in [0.15, 0.2) is 24.3 Å². The van der Waals surface area contributed by atoms with E-state index in [1.807, 2.05) is 0 Å². The Bertz CT molecular complexity index is 512. The van der Waals surface area contributed by atoms with Gasteiger partial charge in [-0.25, -0.2) is 0 Å². The van der Waals surface area contributed by atoms with Crippen LogP contribution in [0.4, 0.5) is 0 Å². The maximum atomic E-state index is 11.8. The first-order valence-electron chi connectivity index (χ1n) is 6.40. The van der Waals surface area contributed by atoms with Gasteiger partial charge in [-0.2, -0.15) is 0 Å². The van der Waals surface area contributed by atoms with Crippen LogP contribution in [0.5, 0.6) is 0 Å². The highest BCUT2D eigenvalue weighted by molar-refractivity contribution is 5.94. The maximum absolute atomic E-state index is 11.8. The second-order valence-corrected chi connectivity index (χ2v) is 3.89. The zero-order chi connectivity index (χ0) is 14.8. The molecule has 1 aromatic rings. The summed E-state index contributed by atoms with van der Waals surface area (Å²) in [6.07, 6.45) is 0.166. The lowest BCUT2D eigenvalue weighted by Crippen LogP contribution is -2.26. The monoisotopic (exact) mass is 274 g/mol. The zero-order valence-electron chi connectivity index (χ0n) is 11.4. The number of hydrogen-bond donors (Lipinski definition) is 2. The fourth-order valence-corrected chi connectivity index (χ4v) is 1.47. The highest BCUT2D eigenvalue weighted by atomic mass is 16.5. The molecule has 5 nitrogen and oxygen atoms in total. The van der Waals surface area contributed by atoms with Crippen LogP contribution in [0.2, 0.25) is 0 Å². The van der Waals surface area contributed by atoms with Gasteiger partial charge in [0.1, 0.15) is 0 Å². The quantitative estimate of drug-likeness (QED) is 0.611. The SMILES string of the molecule is CCOC(=O)CCNC(=O)c1ccc(C#CCN)cc1. The minimum Gasteiger partial charge on any atom is -0.466 e. The Morgan fingerprint density at radius 1 is 1.30 bits per heavy atom. The van der Waals surface area contributed by atoms with E-state index in [2.05, 4.69) is 17.2 Å². The van der Waals surface area contributed by atoms with E-state index in [4.69, 9.17) is 10.5 Å². The molecule has 0 aliphatic heterocycles. The van der Waals surface area contributed by atoms with Crippen molar-refractivity contribution in [3.8, 4) is 11.8 Å². The first-order valence-corrected chi connectivity index (χ1v) is 6.40. The third kappa shape index (κ3) is 5.55. The predicted octanol–water partition coefficient (Wildman–Crippen LogP) is 0.680. The minimum absolute atomic E-state index is 0.166. The summed E-state index contributed by atoms with van der Waals surface area (Å²) in [4.78, 5) is 22.9. The Kier molecular flexibility index (Phi) is 6.87. The number of nitrogens with one attached hydrogen (secondary N) is 1. The van der Waals surface area contributed by atoms with Crippen LogP contribution < -0.4 is 11.1 Å². The van der Waals surface area contributed by atoms with Crippen molar-refractivity contribution in [2.45, 2.75) is 13.3 Å². The number of nitrogens with two attached hydrogens (primary N) is 1. The van der Waals surface area contributed by atoms with Gasteiger partial charge in [0.2, 0.25) is 0 Å². The van der Waals surface area contributed by atoms with Gasteiger partial charge in [0.25, 0.3) is 5.91 Å². The Morgan fingerprint density at radius 3 is 2.60 bits per heavy atom. The molecule has 0 saturated heterocycles. The number of carbonyl (C=O) groups excluding carboxylic acids is 2. The van der Waals surface area contributed by atoms with E-state index in [1.165, 1.54) is 0 Å². The highest BCUT2D eigenvalue weighted by Crippen LogP contribution is 2.03. The van der Waals surface area contributed by atoms with Gasteiger partial charge in [0.15, 0.2) is 0 Å². The lowest BCUT2D eigenvalue weighted by atomic mass is 10.1. The van der Waals surface area contributed by atoms with Crippen molar-refractivity contribution in [1.29, 1.82) is 0 Å². The summed E-state index contributed by atoms with van der Waals surface area (Å²) in [6, 6.07) is 6.87. The van der Waals surface area contributed by atoms with E-state index >= 15 is 0 Å². The van der Waals surface area contributed by atoms with E-state index < -0.39 is 0 Å². The zero-order valence-corrected chi connectivity index (χ0v) is 11.4. The van der Waals surface area contributed by atoms with E-state index in [0.717, 1.165) is 5.56 Å². The molecule has 0 spiro atoms. The van der Waals surface area contributed by atoms with Gasteiger partial charge in [0.05, 0.1) is 19.6 Å². The number of esters is 1. The van der Waals surface area contributed by atoms with Gasteiger partial charge >= 0.3 is 5.97 Å². The third-order valence-corrected chi connectivity index (χ3v) is 2.40. The van der Waals surface area contributed by atoms with Crippen LogP contribution in [-0.4, -0.2) is 31.6 Å². The first-order chi connectivity index (χ1) is 9.67. The molecule has 0 unspecified atom stereocenters. The Balaban J connectivity index is 2.45. The molecule has 0 aromatic heterocycles. The average Bonchev–Trinajstić information content (AvgIpc) is 2.46. The Morgan fingerprint density at radius 2 is 2.00 bits per heavy atom. The van der Waals surface area contributed by atoms with E-state index in [-0.39, 0.29) is 24.8 Å². The molecule has 0 radical (unpaired) electrons. The average molecular weight is 274 g/mol. The molecule has 106 valence electrons. The molecular weight excluding hydrogens is 256 g/mol. The van der Waals surface area contributed by atoms with Crippen molar-refractivity contribution in [3.05, 3.63) is 35.4 Å².